The van der Waals surface area contributed by atoms with Crippen LogP contribution in [-0.2, 0) is 6.54 Å². The maximum absolute atomic E-state index is 4.45. The molecule has 0 saturated carbocycles. The van der Waals surface area contributed by atoms with Crippen molar-refractivity contribution >= 4 is 17.6 Å². The number of aromatic nitrogens is 2. The highest BCUT2D eigenvalue weighted by Crippen LogP contribution is 2.08. The van der Waals surface area contributed by atoms with E-state index in [9.17, 15) is 0 Å². The average Bonchev–Trinajstić information content (AvgIpc) is 2.33. The molecule has 0 atom stereocenters. The van der Waals surface area contributed by atoms with Crippen LogP contribution in [0.15, 0.2) is 12.4 Å². The minimum Gasteiger partial charge on any atom is -0.358 e. The Balaban J connectivity index is 2.52. The average molecular weight is 268 g/mol. The normalized spacial score (nSPS) is 11.6. The zero-order valence-corrected chi connectivity index (χ0v) is 12.8. The van der Waals surface area contributed by atoms with Gasteiger partial charge in [0, 0.05) is 31.4 Å². The minimum atomic E-state index is 0.107. The third-order valence-electron chi connectivity index (χ3n) is 2.51. The SMILES string of the molecule is CSCCN(C)c1cnc(CNC(C)(C)C)cn1. The predicted octanol–water partition coefficient (Wildman–Crippen LogP) is 2.16. The van der Waals surface area contributed by atoms with Crippen molar-refractivity contribution in [3.63, 3.8) is 0 Å². The first-order chi connectivity index (χ1) is 8.42. The largest absolute Gasteiger partial charge is 0.358 e. The molecule has 102 valence electrons. The standard InChI is InChI=1S/C13H24N4S/c1-13(2,3)16-9-11-8-15-12(10-14-11)17(4)6-7-18-5/h8,10,16H,6-7,9H2,1-5H3. The van der Waals surface area contributed by atoms with E-state index in [1.165, 1.54) is 0 Å². The van der Waals surface area contributed by atoms with Crippen molar-refractivity contribution in [2.45, 2.75) is 32.9 Å². The Morgan fingerprint density at radius 3 is 2.50 bits per heavy atom. The third-order valence-corrected chi connectivity index (χ3v) is 3.10. The first-order valence-corrected chi connectivity index (χ1v) is 7.58. The molecule has 0 amide bonds. The van der Waals surface area contributed by atoms with Crippen LogP contribution < -0.4 is 10.2 Å². The molecule has 0 fully saturated rings. The number of anilines is 1. The monoisotopic (exact) mass is 268 g/mol. The van der Waals surface area contributed by atoms with Gasteiger partial charge in [0.25, 0.3) is 0 Å². The fraction of sp³-hybridized carbons (Fsp3) is 0.692. The van der Waals surface area contributed by atoms with E-state index in [4.69, 9.17) is 0 Å². The lowest BCUT2D eigenvalue weighted by molar-refractivity contribution is 0.421. The highest BCUT2D eigenvalue weighted by atomic mass is 32.2. The van der Waals surface area contributed by atoms with E-state index < -0.39 is 0 Å². The van der Waals surface area contributed by atoms with Crippen molar-refractivity contribution in [3.8, 4) is 0 Å². The van der Waals surface area contributed by atoms with Gasteiger partial charge in [-0.25, -0.2) is 4.98 Å². The molecule has 0 aliphatic carbocycles. The Bertz CT molecular complexity index is 345. The van der Waals surface area contributed by atoms with E-state index in [0.29, 0.717) is 0 Å². The van der Waals surface area contributed by atoms with Gasteiger partial charge in [-0.2, -0.15) is 11.8 Å². The Kier molecular flexibility index (Phi) is 5.88. The van der Waals surface area contributed by atoms with Crippen molar-refractivity contribution < 1.29 is 0 Å². The number of nitrogens with zero attached hydrogens (tertiary/aromatic N) is 3. The summed E-state index contributed by atoms with van der Waals surface area (Å²) in [4.78, 5) is 11.0. The van der Waals surface area contributed by atoms with Gasteiger partial charge in [0.1, 0.15) is 5.82 Å². The quantitative estimate of drug-likeness (QED) is 0.856. The Morgan fingerprint density at radius 2 is 2.00 bits per heavy atom. The molecular formula is C13H24N4S. The van der Waals surface area contributed by atoms with Gasteiger partial charge in [-0.3, -0.25) is 4.98 Å². The van der Waals surface area contributed by atoms with E-state index in [1.54, 1.807) is 0 Å². The Morgan fingerprint density at radius 1 is 1.28 bits per heavy atom. The van der Waals surface area contributed by atoms with E-state index in [2.05, 4.69) is 47.2 Å². The van der Waals surface area contributed by atoms with Crippen LogP contribution in [0.3, 0.4) is 0 Å². The summed E-state index contributed by atoms with van der Waals surface area (Å²) in [7, 11) is 2.05. The minimum absolute atomic E-state index is 0.107. The van der Waals surface area contributed by atoms with Crippen molar-refractivity contribution in [1.29, 1.82) is 0 Å². The van der Waals surface area contributed by atoms with Crippen LogP contribution in [-0.4, -0.2) is 41.1 Å². The molecule has 1 heterocycles. The summed E-state index contributed by atoms with van der Waals surface area (Å²) >= 11 is 1.84. The van der Waals surface area contributed by atoms with E-state index in [-0.39, 0.29) is 5.54 Å². The number of rotatable bonds is 6. The summed E-state index contributed by atoms with van der Waals surface area (Å²) in [5.74, 6) is 2.04. The summed E-state index contributed by atoms with van der Waals surface area (Å²) in [6.07, 6.45) is 5.81. The second kappa shape index (κ2) is 6.95. The Hall–Kier alpha value is -0.810. The van der Waals surface area contributed by atoms with E-state index in [0.717, 1.165) is 30.4 Å². The predicted molar refractivity (Wildman–Crippen MR) is 80.3 cm³/mol. The summed E-state index contributed by atoms with van der Waals surface area (Å²) in [6.45, 7) is 8.18. The molecule has 0 aliphatic heterocycles. The lowest BCUT2D eigenvalue weighted by atomic mass is 10.1. The van der Waals surface area contributed by atoms with E-state index >= 15 is 0 Å². The van der Waals surface area contributed by atoms with Gasteiger partial charge < -0.3 is 10.2 Å². The lowest BCUT2D eigenvalue weighted by Gasteiger charge is -2.20. The second-order valence-corrected chi connectivity index (χ2v) is 6.37. The highest BCUT2D eigenvalue weighted by Gasteiger charge is 2.09. The molecule has 1 rings (SSSR count). The van der Waals surface area contributed by atoms with Crippen molar-refractivity contribution in [2.75, 3.05) is 30.5 Å². The highest BCUT2D eigenvalue weighted by molar-refractivity contribution is 7.98. The third kappa shape index (κ3) is 5.69. The topological polar surface area (TPSA) is 41.1 Å². The molecule has 18 heavy (non-hydrogen) atoms. The summed E-state index contributed by atoms with van der Waals surface area (Å²) in [5.41, 5.74) is 1.09. The van der Waals surface area contributed by atoms with Crippen LogP contribution in [0.25, 0.3) is 0 Å². The smallest absolute Gasteiger partial charge is 0.146 e. The lowest BCUT2D eigenvalue weighted by Crippen LogP contribution is -2.35. The number of hydrogen-bond donors (Lipinski definition) is 1. The molecule has 1 aromatic rings. The summed E-state index contributed by atoms with van der Waals surface area (Å²) in [5, 5.41) is 3.40. The molecule has 0 unspecified atom stereocenters. The van der Waals surface area contributed by atoms with Crippen LogP contribution in [0.1, 0.15) is 26.5 Å². The van der Waals surface area contributed by atoms with E-state index in [1.807, 2.05) is 31.2 Å². The van der Waals surface area contributed by atoms with Crippen LogP contribution >= 0.6 is 11.8 Å². The van der Waals surface area contributed by atoms with Gasteiger partial charge in [0.05, 0.1) is 18.1 Å². The Labute approximate surface area is 115 Å². The fourth-order valence-electron chi connectivity index (χ4n) is 1.33. The first kappa shape index (κ1) is 15.2. The number of thioether (sulfide) groups is 1. The molecule has 0 radical (unpaired) electrons. The molecule has 0 bridgehead atoms. The molecular weight excluding hydrogens is 244 g/mol. The number of hydrogen-bond acceptors (Lipinski definition) is 5. The van der Waals surface area contributed by atoms with Crippen molar-refractivity contribution in [1.82, 2.24) is 15.3 Å². The zero-order valence-electron chi connectivity index (χ0n) is 12.0. The van der Waals surface area contributed by atoms with Crippen LogP contribution in [0, 0.1) is 0 Å². The molecule has 0 saturated heterocycles. The van der Waals surface area contributed by atoms with Crippen LogP contribution in [0.5, 0.6) is 0 Å². The molecule has 0 aromatic carbocycles. The van der Waals surface area contributed by atoms with Gasteiger partial charge in [-0.15, -0.1) is 0 Å². The summed E-state index contributed by atoms with van der Waals surface area (Å²) in [6, 6.07) is 0. The molecule has 1 aromatic heterocycles. The summed E-state index contributed by atoms with van der Waals surface area (Å²) < 4.78 is 0. The van der Waals surface area contributed by atoms with Crippen LogP contribution in [0.4, 0.5) is 5.82 Å². The van der Waals surface area contributed by atoms with Gasteiger partial charge in [0.15, 0.2) is 0 Å². The van der Waals surface area contributed by atoms with Crippen molar-refractivity contribution in [2.24, 2.45) is 0 Å². The van der Waals surface area contributed by atoms with Gasteiger partial charge >= 0.3 is 0 Å². The maximum atomic E-state index is 4.45. The fourth-order valence-corrected chi connectivity index (χ4v) is 1.79. The maximum Gasteiger partial charge on any atom is 0.146 e. The molecule has 4 nitrogen and oxygen atoms in total. The molecule has 0 spiro atoms. The van der Waals surface area contributed by atoms with Crippen LogP contribution in [0.2, 0.25) is 0 Å². The first-order valence-electron chi connectivity index (χ1n) is 6.18. The number of nitrogens with one attached hydrogen (secondary N) is 1. The molecule has 0 aliphatic rings. The molecule has 5 heteroatoms. The zero-order chi connectivity index (χ0) is 13.6. The van der Waals surface area contributed by atoms with Gasteiger partial charge in [-0.1, -0.05) is 0 Å². The van der Waals surface area contributed by atoms with Gasteiger partial charge in [0.2, 0.25) is 0 Å². The van der Waals surface area contributed by atoms with Crippen molar-refractivity contribution in [3.05, 3.63) is 18.1 Å². The van der Waals surface area contributed by atoms with Gasteiger partial charge in [-0.05, 0) is 27.0 Å². The second-order valence-electron chi connectivity index (χ2n) is 5.38. The molecule has 1 N–H and O–H groups in total.